The molecule has 3 heterocycles. The van der Waals surface area contributed by atoms with Crippen molar-refractivity contribution in [3.63, 3.8) is 0 Å². The minimum Gasteiger partial charge on any atom is -0.326 e. The lowest BCUT2D eigenvalue weighted by atomic mass is 10.2. The zero-order valence-electron chi connectivity index (χ0n) is 14.1. The highest BCUT2D eigenvalue weighted by molar-refractivity contribution is 5.90. The number of aromatic nitrogens is 5. The maximum atomic E-state index is 12.1. The molecular formula is C19H18N6O. The predicted molar refractivity (Wildman–Crippen MR) is 98.5 cm³/mol. The lowest BCUT2D eigenvalue weighted by Crippen LogP contribution is -2.12. The maximum absolute atomic E-state index is 12.1. The van der Waals surface area contributed by atoms with Gasteiger partial charge < -0.3 is 5.32 Å². The van der Waals surface area contributed by atoms with E-state index in [1.54, 1.807) is 6.20 Å². The lowest BCUT2D eigenvalue weighted by Gasteiger charge is -2.06. The van der Waals surface area contributed by atoms with Gasteiger partial charge in [0.2, 0.25) is 5.91 Å². The number of rotatable bonds is 6. The van der Waals surface area contributed by atoms with Gasteiger partial charge in [-0.1, -0.05) is 6.07 Å². The Morgan fingerprint density at radius 3 is 2.69 bits per heavy atom. The van der Waals surface area contributed by atoms with Crippen molar-refractivity contribution in [2.24, 2.45) is 0 Å². The topological polar surface area (TPSA) is 77.1 Å². The van der Waals surface area contributed by atoms with Crippen LogP contribution < -0.4 is 5.32 Å². The fourth-order valence-corrected chi connectivity index (χ4v) is 2.80. The van der Waals surface area contributed by atoms with Gasteiger partial charge in [-0.15, -0.1) is 10.2 Å². The third-order valence-corrected chi connectivity index (χ3v) is 4.09. The molecule has 7 heteroatoms. The molecule has 26 heavy (non-hydrogen) atoms. The molecule has 4 aromatic rings. The average molecular weight is 346 g/mol. The normalized spacial score (nSPS) is 10.9. The fraction of sp³-hybridized carbons (Fsp3) is 0.158. The Kier molecular flexibility index (Phi) is 4.42. The summed E-state index contributed by atoms with van der Waals surface area (Å²) >= 11 is 0. The monoisotopic (exact) mass is 346 g/mol. The summed E-state index contributed by atoms with van der Waals surface area (Å²) in [5, 5.41) is 15.4. The standard InChI is InChI=1S/C19H18N6O/c26-18(6-3-12-24-13-4-11-20-24)21-16-9-7-15(8-10-16)19-23-22-17-5-1-2-14-25(17)19/h1-2,4-5,7-11,13-14H,3,6,12H2,(H,21,26). The number of carbonyl (C=O) groups excluding carboxylic acids is 1. The molecule has 4 rings (SSSR count). The SMILES string of the molecule is O=C(CCCn1cccn1)Nc1ccc(-c2nnc3ccccn23)cc1. The number of benzene rings is 1. The number of fused-ring (bicyclic) bond motifs is 1. The number of aryl methyl sites for hydroxylation is 1. The van der Waals surface area contributed by atoms with E-state index >= 15 is 0 Å². The zero-order valence-corrected chi connectivity index (χ0v) is 14.1. The van der Waals surface area contributed by atoms with Crippen LogP contribution in [0.3, 0.4) is 0 Å². The molecule has 0 aliphatic rings. The van der Waals surface area contributed by atoms with Gasteiger partial charge in [0.15, 0.2) is 11.5 Å². The van der Waals surface area contributed by atoms with Crippen LogP contribution in [0.5, 0.6) is 0 Å². The smallest absolute Gasteiger partial charge is 0.224 e. The van der Waals surface area contributed by atoms with Crippen molar-refractivity contribution < 1.29 is 4.79 Å². The van der Waals surface area contributed by atoms with Crippen LogP contribution in [0.25, 0.3) is 17.0 Å². The van der Waals surface area contributed by atoms with E-state index in [1.807, 2.05) is 70.0 Å². The zero-order chi connectivity index (χ0) is 17.8. The first-order chi connectivity index (χ1) is 12.8. The molecule has 0 aliphatic carbocycles. The summed E-state index contributed by atoms with van der Waals surface area (Å²) in [5.74, 6) is 0.774. The minimum atomic E-state index is -0.00201. The first-order valence-corrected chi connectivity index (χ1v) is 8.47. The third-order valence-electron chi connectivity index (χ3n) is 4.09. The van der Waals surface area contributed by atoms with Gasteiger partial charge in [0.1, 0.15) is 0 Å². The molecule has 0 saturated heterocycles. The molecule has 0 radical (unpaired) electrons. The van der Waals surface area contributed by atoms with E-state index in [2.05, 4.69) is 20.6 Å². The van der Waals surface area contributed by atoms with E-state index < -0.39 is 0 Å². The number of carbonyl (C=O) groups is 1. The van der Waals surface area contributed by atoms with Gasteiger partial charge in [0.25, 0.3) is 0 Å². The summed E-state index contributed by atoms with van der Waals surface area (Å²) in [6.45, 7) is 0.735. The Morgan fingerprint density at radius 1 is 1.00 bits per heavy atom. The summed E-state index contributed by atoms with van der Waals surface area (Å²) < 4.78 is 3.76. The molecule has 0 bridgehead atoms. The molecule has 0 spiro atoms. The van der Waals surface area contributed by atoms with Crippen LogP contribution in [0.2, 0.25) is 0 Å². The van der Waals surface area contributed by atoms with Gasteiger partial charge >= 0.3 is 0 Å². The lowest BCUT2D eigenvalue weighted by molar-refractivity contribution is -0.116. The Labute approximate surface area is 150 Å². The molecule has 7 nitrogen and oxygen atoms in total. The van der Waals surface area contributed by atoms with Gasteiger partial charge in [-0.3, -0.25) is 13.9 Å². The summed E-state index contributed by atoms with van der Waals surface area (Å²) in [4.78, 5) is 12.1. The van der Waals surface area contributed by atoms with E-state index in [4.69, 9.17) is 0 Å². The maximum Gasteiger partial charge on any atom is 0.224 e. The highest BCUT2D eigenvalue weighted by Crippen LogP contribution is 2.20. The Hall–Kier alpha value is -3.48. The summed E-state index contributed by atoms with van der Waals surface area (Å²) in [5.41, 5.74) is 2.52. The molecule has 0 unspecified atom stereocenters. The van der Waals surface area contributed by atoms with Gasteiger partial charge in [-0.25, -0.2) is 0 Å². The molecule has 130 valence electrons. The second-order valence-electron chi connectivity index (χ2n) is 5.95. The van der Waals surface area contributed by atoms with Crippen molar-refractivity contribution >= 4 is 17.2 Å². The van der Waals surface area contributed by atoms with Crippen LogP contribution in [-0.2, 0) is 11.3 Å². The summed E-state index contributed by atoms with van der Waals surface area (Å²) in [7, 11) is 0. The van der Waals surface area contributed by atoms with Crippen molar-refractivity contribution in [2.75, 3.05) is 5.32 Å². The van der Waals surface area contributed by atoms with Crippen molar-refractivity contribution in [1.82, 2.24) is 24.4 Å². The van der Waals surface area contributed by atoms with Crippen LogP contribution in [-0.4, -0.2) is 30.3 Å². The van der Waals surface area contributed by atoms with Crippen molar-refractivity contribution in [3.8, 4) is 11.4 Å². The highest BCUT2D eigenvalue weighted by Gasteiger charge is 2.08. The third kappa shape index (κ3) is 3.46. The highest BCUT2D eigenvalue weighted by atomic mass is 16.1. The molecule has 3 aromatic heterocycles. The van der Waals surface area contributed by atoms with Crippen molar-refractivity contribution in [1.29, 1.82) is 0 Å². The first kappa shape index (κ1) is 16.0. The van der Waals surface area contributed by atoms with E-state index in [1.165, 1.54) is 0 Å². The fourth-order valence-electron chi connectivity index (χ4n) is 2.80. The largest absolute Gasteiger partial charge is 0.326 e. The summed E-state index contributed by atoms with van der Waals surface area (Å²) in [6.07, 6.45) is 6.76. The Morgan fingerprint density at radius 2 is 1.88 bits per heavy atom. The van der Waals surface area contributed by atoms with Crippen LogP contribution >= 0.6 is 0 Å². The summed E-state index contributed by atoms with van der Waals surface area (Å²) in [6, 6.07) is 15.3. The van der Waals surface area contributed by atoms with E-state index in [0.29, 0.717) is 6.42 Å². The quantitative estimate of drug-likeness (QED) is 0.582. The van der Waals surface area contributed by atoms with Crippen LogP contribution in [0.4, 0.5) is 5.69 Å². The second kappa shape index (κ2) is 7.18. The number of nitrogens with zero attached hydrogens (tertiary/aromatic N) is 5. The van der Waals surface area contributed by atoms with Gasteiger partial charge in [0, 0.05) is 42.8 Å². The number of nitrogens with one attached hydrogen (secondary N) is 1. The number of amides is 1. The second-order valence-corrected chi connectivity index (χ2v) is 5.95. The van der Waals surface area contributed by atoms with Crippen molar-refractivity contribution in [2.45, 2.75) is 19.4 Å². The number of hydrogen-bond donors (Lipinski definition) is 1. The number of anilines is 1. The van der Waals surface area contributed by atoms with Crippen molar-refractivity contribution in [3.05, 3.63) is 67.1 Å². The molecule has 0 atom stereocenters. The Bertz CT molecular complexity index is 1000. The molecule has 0 saturated carbocycles. The van der Waals surface area contributed by atoms with E-state index in [-0.39, 0.29) is 5.91 Å². The molecule has 1 amide bonds. The predicted octanol–water partition coefficient (Wildman–Crippen LogP) is 3.01. The van der Waals surface area contributed by atoms with Crippen LogP contribution in [0.15, 0.2) is 67.1 Å². The number of pyridine rings is 1. The van der Waals surface area contributed by atoms with E-state index in [0.717, 1.165) is 35.7 Å². The Balaban J connectivity index is 1.37. The average Bonchev–Trinajstić information content (AvgIpc) is 3.32. The molecule has 1 N–H and O–H groups in total. The molecular weight excluding hydrogens is 328 g/mol. The van der Waals surface area contributed by atoms with E-state index in [9.17, 15) is 4.79 Å². The van der Waals surface area contributed by atoms with Crippen LogP contribution in [0.1, 0.15) is 12.8 Å². The van der Waals surface area contributed by atoms with Gasteiger partial charge in [0.05, 0.1) is 0 Å². The molecule has 0 aliphatic heterocycles. The first-order valence-electron chi connectivity index (χ1n) is 8.47. The minimum absolute atomic E-state index is 0.00201. The number of hydrogen-bond acceptors (Lipinski definition) is 4. The molecule has 0 fully saturated rings. The van der Waals surface area contributed by atoms with Gasteiger partial charge in [-0.05, 0) is 48.9 Å². The molecule has 1 aromatic carbocycles. The van der Waals surface area contributed by atoms with Crippen LogP contribution in [0, 0.1) is 0 Å². The van der Waals surface area contributed by atoms with Gasteiger partial charge in [-0.2, -0.15) is 5.10 Å².